The molecule has 0 bridgehead atoms. The number of halogens is 2. The van der Waals surface area contributed by atoms with Crippen LogP contribution in [0.2, 0.25) is 5.02 Å². The number of aliphatic hydroxyl groups excluding tert-OH is 1. The van der Waals surface area contributed by atoms with Gasteiger partial charge in [-0.15, -0.1) is 0 Å². The Labute approximate surface area is 210 Å². The van der Waals surface area contributed by atoms with E-state index in [9.17, 15) is 18.3 Å². The van der Waals surface area contributed by atoms with Gasteiger partial charge in [0.05, 0.1) is 30.8 Å². The molecule has 1 N–H and O–H groups in total. The van der Waals surface area contributed by atoms with Gasteiger partial charge in [-0.3, -0.25) is 4.90 Å². The minimum absolute atomic E-state index is 0.0123. The molecule has 0 aromatic heterocycles. The minimum atomic E-state index is -4.16. The summed E-state index contributed by atoms with van der Waals surface area (Å²) in [7, 11) is -4.16. The van der Waals surface area contributed by atoms with E-state index in [1.165, 1.54) is 24.3 Å². The van der Waals surface area contributed by atoms with Crippen molar-refractivity contribution in [3.63, 3.8) is 0 Å². The molecule has 0 spiro atoms. The number of benzene rings is 1. The fourth-order valence-electron chi connectivity index (χ4n) is 4.74. The number of morpholine rings is 1. The van der Waals surface area contributed by atoms with Crippen molar-refractivity contribution in [2.45, 2.75) is 49.5 Å². The van der Waals surface area contributed by atoms with Crippen molar-refractivity contribution in [1.29, 1.82) is 0 Å². The quantitative estimate of drug-likeness (QED) is 0.537. The van der Waals surface area contributed by atoms with Gasteiger partial charge in [-0.1, -0.05) is 11.6 Å². The summed E-state index contributed by atoms with van der Waals surface area (Å²) >= 11 is 5.89. The third-order valence-corrected chi connectivity index (χ3v) is 9.52. The lowest BCUT2D eigenvalue weighted by atomic mass is 9.97. The molecular formula is C23H33ClFN3O6S. The normalized spacial score (nSPS) is 25.9. The maximum absolute atomic E-state index is 15.0. The summed E-state index contributed by atoms with van der Waals surface area (Å²) in [5.41, 5.74) is -1.06. The highest BCUT2D eigenvalue weighted by molar-refractivity contribution is 7.89. The zero-order valence-corrected chi connectivity index (χ0v) is 21.6. The van der Waals surface area contributed by atoms with Crippen LogP contribution in [0.3, 0.4) is 0 Å². The van der Waals surface area contributed by atoms with Gasteiger partial charge >= 0.3 is 6.09 Å². The van der Waals surface area contributed by atoms with Crippen LogP contribution in [0.4, 0.5) is 9.18 Å². The Kier molecular flexibility index (Phi) is 7.67. The molecule has 196 valence electrons. The Morgan fingerprint density at radius 3 is 2.40 bits per heavy atom. The third kappa shape index (κ3) is 5.45. The van der Waals surface area contributed by atoms with Crippen LogP contribution in [0, 0.1) is 5.41 Å². The molecule has 1 aromatic carbocycles. The molecule has 1 aliphatic carbocycles. The second-order valence-corrected chi connectivity index (χ2v) is 12.4. The van der Waals surface area contributed by atoms with E-state index in [0.29, 0.717) is 44.0 Å². The topological polar surface area (TPSA) is 99.6 Å². The fourth-order valence-corrected chi connectivity index (χ4v) is 6.57. The molecule has 2 aliphatic heterocycles. The predicted octanol–water partition coefficient (Wildman–Crippen LogP) is 2.33. The van der Waals surface area contributed by atoms with Gasteiger partial charge in [0, 0.05) is 42.2 Å². The van der Waals surface area contributed by atoms with Gasteiger partial charge in [0.1, 0.15) is 6.61 Å². The highest BCUT2D eigenvalue weighted by atomic mass is 35.5. The van der Waals surface area contributed by atoms with Gasteiger partial charge in [0.2, 0.25) is 10.0 Å². The monoisotopic (exact) mass is 533 g/mol. The van der Waals surface area contributed by atoms with Crippen LogP contribution in [-0.4, -0.2) is 104 Å². The van der Waals surface area contributed by atoms with Gasteiger partial charge < -0.3 is 19.5 Å². The summed E-state index contributed by atoms with van der Waals surface area (Å²) in [6.07, 6.45) is -1.11. The summed E-state index contributed by atoms with van der Waals surface area (Å²) in [6, 6.07) is 4.82. The molecule has 1 amide bonds. The van der Waals surface area contributed by atoms with Crippen LogP contribution < -0.4 is 0 Å². The molecule has 2 heterocycles. The second kappa shape index (κ2) is 10.1. The second-order valence-electron chi connectivity index (χ2n) is 10.1. The molecular weight excluding hydrogens is 501 g/mol. The van der Waals surface area contributed by atoms with Crippen LogP contribution in [0.1, 0.15) is 26.7 Å². The molecule has 35 heavy (non-hydrogen) atoms. The fraction of sp³-hybridized carbons (Fsp3) is 0.696. The smallest absolute Gasteiger partial charge is 0.409 e. The van der Waals surface area contributed by atoms with Crippen molar-refractivity contribution >= 4 is 27.7 Å². The number of amides is 1. The SMILES string of the molecule is CC(C)(CO)N1CCN(C(=O)OCC2([C@H]3COC[C@@H](F)N3S(=O)(=O)c3ccc(Cl)cc3)CC2)CC1. The maximum Gasteiger partial charge on any atom is 0.409 e. The van der Waals surface area contributed by atoms with Crippen LogP contribution in [-0.2, 0) is 19.5 Å². The Morgan fingerprint density at radius 1 is 1.20 bits per heavy atom. The molecule has 1 aromatic rings. The molecule has 12 heteroatoms. The average molecular weight is 534 g/mol. The van der Waals surface area contributed by atoms with E-state index in [1.807, 2.05) is 13.8 Å². The van der Waals surface area contributed by atoms with Crippen molar-refractivity contribution < 1.29 is 32.2 Å². The van der Waals surface area contributed by atoms with Gasteiger partial charge in [-0.05, 0) is 51.0 Å². The van der Waals surface area contributed by atoms with E-state index in [1.54, 1.807) is 4.90 Å². The van der Waals surface area contributed by atoms with Gasteiger partial charge in [-0.2, -0.15) is 4.31 Å². The highest BCUT2D eigenvalue weighted by Gasteiger charge is 2.58. The van der Waals surface area contributed by atoms with E-state index < -0.39 is 33.9 Å². The van der Waals surface area contributed by atoms with Crippen LogP contribution >= 0.6 is 11.6 Å². The Hall–Kier alpha value is -1.50. The largest absolute Gasteiger partial charge is 0.449 e. The minimum Gasteiger partial charge on any atom is -0.449 e. The van der Waals surface area contributed by atoms with Crippen molar-refractivity contribution in [2.24, 2.45) is 5.41 Å². The summed E-state index contributed by atoms with van der Waals surface area (Å²) < 4.78 is 53.7. The van der Waals surface area contributed by atoms with E-state index in [2.05, 4.69) is 4.90 Å². The van der Waals surface area contributed by atoms with Gasteiger partial charge in [-0.25, -0.2) is 17.6 Å². The number of nitrogens with zero attached hydrogens (tertiary/aromatic N) is 3. The van der Waals surface area contributed by atoms with Crippen LogP contribution in [0.5, 0.6) is 0 Å². The van der Waals surface area contributed by atoms with Gasteiger partial charge in [0.25, 0.3) is 0 Å². The number of hydrogen-bond acceptors (Lipinski definition) is 7. The summed E-state index contributed by atoms with van der Waals surface area (Å²) in [6.45, 7) is 5.74. The number of alkyl halides is 1. The zero-order chi connectivity index (χ0) is 25.4. The molecule has 3 aliphatic rings. The third-order valence-electron chi connectivity index (χ3n) is 7.37. The highest BCUT2D eigenvalue weighted by Crippen LogP contribution is 2.53. The molecule has 1 saturated carbocycles. The van der Waals surface area contributed by atoms with Crippen molar-refractivity contribution in [2.75, 3.05) is 52.6 Å². The van der Waals surface area contributed by atoms with E-state index in [-0.39, 0.29) is 36.9 Å². The van der Waals surface area contributed by atoms with Gasteiger partial charge in [0.15, 0.2) is 6.30 Å². The molecule has 2 atom stereocenters. The van der Waals surface area contributed by atoms with E-state index in [4.69, 9.17) is 21.1 Å². The van der Waals surface area contributed by atoms with Crippen molar-refractivity contribution in [3.8, 4) is 0 Å². The Bertz CT molecular complexity index is 1010. The Morgan fingerprint density at radius 2 is 1.83 bits per heavy atom. The molecule has 3 fully saturated rings. The number of carbonyl (C=O) groups excluding carboxylic acids is 1. The first-order chi connectivity index (χ1) is 16.5. The predicted molar refractivity (Wildman–Crippen MR) is 127 cm³/mol. The van der Waals surface area contributed by atoms with Crippen LogP contribution in [0.25, 0.3) is 0 Å². The standard InChI is InChI=1S/C23H33ClFN3O6S/c1-22(2,15-29)27-11-9-26(10-12-27)21(30)34-16-23(7-8-23)19-13-33-14-20(25)28(19)35(31,32)18-5-3-17(24)4-6-18/h3-6,19-20,29H,7-16H2,1-2H3/t19-,20+/m1/s1. The van der Waals surface area contributed by atoms with Crippen molar-refractivity contribution in [1.82, 2.24) is 14.1 Å². The number of rotatable bonds is 7. The number of aliphatic hydroxyl groups is 1. The molecule has 4 rings (SSSR count). The maximum atomic E-state index is 15.0. The summed E-state index contributed by atoms with van der Waals surface area (Å²) in [4.78, 5) is 16.4. The van der Waals surface area contributed by atoms with E-state index in [0.717, 1.165) is 4.31 Å². The first-order valence-electron chi connectivity index (χ1n) is 11.8. The zero-order valence-electron chi connectivity index (χ0n) is 20.0. The number of piperazine rings is 1. The first kappa shape index (κ1) is 26.6. The summed E-state index contributed by atoms with van der Waals surface area (Å²) in [5.74, 6) is 0. The number of carbonyl (C=O) groups is 1. The summed E-state index contributed by atoms with van der Waals surface area (Å²) in [5, 5.41) is 9.95. The van der Waals surface area contributed by atoms with Crippen LogP contribution in [0.15, 0.2) is 29.2 Å². The van der Waals surface area contributed by atoms with Crippen molar-refractivity contribution in [3.05, 3.63) is 29.3 Å². The lowest BCUT2D eigenvalue weighted by Gasteiger charge is -2.43. The molecule has 0 unspecified atom stereocenters. The molecule has 9 nitrogen and oxygen atoms in total. The lowest BCUT2D eigenvalue weighted by molar-refractivity contribution is -0.0841. The number of hydrogen-bond donors (Lipinski definition) is 1. The van der Waals surface area contributed by atoms with E-state index >= 15 is 4.39 Å². The average Bonchev–Trinajstić information content (AvgIpc) is 3.63. The Balaban J connectivity index is 1.42. The number of sulfonamides is 1. The molecule has 2 saturated heterocycles. The first-order valence-corrected chi connectivity index (χ1v) is 13.6. The number of ether oxygens (including phenoxy) is 2. The lowest BCUT2D eigenvalue weighted by Crippen LogP contribution is -2.58. The molecule has 0 radical (unpaired) electrons.